The lowest BCUT2D eigenvalue weighted by Crippen LogP contribution is -2.38. The van der Waals surface area contributed by atoms with Crippen molar-refractivity contribution in [3.05, 3.63) is 61.1 Å². The van der Waals surface area contributed by atoms with Crippen LogP contribution in [-0.2, 0) is 6.67 Å². The minimum Gasteiger partial charge on any atom is -0.274 e. The maximum atomic E-state index is 4.49. The van der Waals surface area contributed by atoms with Crippen LogP contribution in [0.25, 0.3) is 22.6 Å². The lowest BCUT2D eigenvalue weighted by Gasteiger charge is -2.02. The quantitative estimate of drug-likeness (QED) is 0.428. The molecular formula is C15H12N3+. The van der Waals surface area contributed by atoms with Crippen LogP contribution < -0.4 is 4.57 Å². The Hall–Kier alpha value is -2.42. The second-order valence-corrected chi connectivity index (χ2v) is 4.46. The topological polar surface area (TPSA) is 21.7 Å². The molecule has 3 nitrogen and oxygen atoms in total. The summed E-state index contributed by atoms with van der Waals surface area (Å²) in [6, 6.07) is 14.7. The van der Waals surface area contributed by atoms with Crippen molar-refractivity contribution in [3.8, 4) is 22.6 Å². The molecule has 1 aromatic carbocycles. The number of hydrogen-bond acceptors (Lipinski definition) is 1. The molecule has 0 amide bonds. The zero-order valence-electron chi connectivity index (χ0n) is 9.82. The molecular weight excluding hydrogens is 222 g/mol. The van der Waals surface area contributed by atoms with E-state index in [9.17, 15) is 0 Å². The number of benzene rings is 1. The molecule has 1 aliphatic rings. The Morgan fingerprint density at radius 3 is 2.78 bits per heavy atom. The highest BCUT2D eigenvalue weighted by atomic mass is 15.2. The van der Waals surface area contributed by atoms with E-state index in [-0.39, 0.29) is 0 Å². The second-order valence-electron chi connectivity index (χ2n) is 4.46. The number of rotatable bonds is 0. The molecule has 0 N–H and O–H groups in total. The second kappa shape index (κ2) is 3.53. The van der Waals surface area contributed by atoms with Gasteiger partial charge in [-0.15, -0.1) is 0 Å². The third-order valence-electron chi connectivity index (χ3n) is 3.40. The normalized spacial score (nSPS) is 12.2. The summed E-state index contributed by atoms with van der Waals surface area (Å²) in [5, 5.41) is 0. The molecule has 2 aromatic heterocycles. The van der Waals surface area contributed by atoms with Crippen LogP contribution in [0.3, 0.4) is 0 Å². The highest BCUT2D eigenvalue weighted by molar-refractivity contribution is 5.77. The molecule has 0 unspecified atom stereocenters. The summed E-state index contributed by atoms with van der Waals surface area (Å²) in [4.78, 5) is 4.49. The Morgan fingerprint density at radius 2 is 1.83 bits per heavy atom. The van der Waals surface area contributed by atoms with Gasteiger partial charge < -0.3 is 0 Å². The Kier molecular flexibility index (Phi) is 1.88. The van der Waals surface area contributed by atoms with Crippen molar-refractivity contribution in [2.45, 2.75) is 6.67 Å². The van der Waals surface area contributed by atoms with Gasteiger partial charge >= 0.3 is 0 Å². The van der Waals surface area contributed by atoms with E-state index in [1.807, 2.05) is 12.4 Å². The molecule has 0 aliphatic carbocycles. The van der Waals surface area contributed by atoms with Crippen molar-refractivity contribution in [3.63, 3.8) is 0 Å². The molecule has 0 radical (unpaired) electrons. The Morgan fingerprint density at radius 1 is 1.00 bits per heavy atom. The minimum atomic E-state index is 0.806. The van der Waals surface area contributed by atoms with Crippen molar-refractivity contribution < 1.29 is 4.57 Å². The summed E-state index contributed by atoms with van der Waals surface area (Å²) in [6.07, 6.45) is 6.00. The first kappa shape index (κ1) is 9.59. The van der Waals surface area contributed by atoms with E-state index in [2.05, 4.69) is 62.8 Å². The summed E-state index contributed by atoms with van der Waals surface area (Å²) in [6.45, 7) is 0.806. The lowest BCUT2D eigenvalue weighted by atomic mass is 10.0. The standard InChI is InChI=1S/C15H12N3/c1-2-6-13-12(5-1)14-7-3-4-9-17(14)11-18-10-8-16-15(13)18/h1-10H,11H2/q+1. The van der Waals surface area contributed by atoms with Crippen LogP contribution in [0.5, 0.6) is 0 Å². The maximum absolute atomic E-state index is 4.49. The number of pyridine rings is 1. The third-order valence-corrected chi connectivity index (χ3v) is 3.40. The van der Waals surface area contributed by atoms with Crippen LogP contribution in [0.1, 0.15) is 0 Å². The smallest absolute Gasteiger partial charge is 0.229 e. The highest BCUT2D eigenvalue weighted by Gasteiger charge is 2.23. The van der Waals surface area contributed by atoms with E-state index in [0.717, 1.165) is 12.5 Å². The van der Waals surface area contributed by atoms with Gasteiger partial charge in [0.2, 0.25) is 12.4 Å². The number of nitrogens with zero attached hydrogens (tertiary/aromatic N) is 3. The van der Waals surface area contributed by atoms with Crippen molar-refractivity contribution in [1.82, 2.24) is 9.55 Å². The molecule has 3 heterocycles. The first-order valence-corrected chi connectivity index (χ1v) is 6.03. The molecule has 86 valence electrons. The monoisotopic (exact) mass is 234 g/mol. The number of hydrogen-bond donors (Lipinski definition) is 0. The molecule has 1 aliphatic heterocycles. The number of fused-ring (bicyclic) bond motifs is 5. The molecule has 3 aromatic rings. The fourth-order valence-corrected chi connectivity index (χ4v) is 2.58. The zero-order valence-corrected chi connectivity index (χ0v) is 9.82. The molecule has 3 heteroatoms. The van der Waals surface area contributed by atoms with E-state index in [1.165, 1.54) is 16.8 Å². The predicted molar refractivity (Wildman–Crippen MR) is 68.7 cm³/mol. The zero-order chi connectivity index (χ0) is 11.9. The summed E-state index contributed by atoms with van der Waals surface area (Å²) >= 11 is 0. The number of aromatic nitrogens is 3. The van der Waals surface area contributed by atoms with Gasteiger partial charge in [-0.25, -0.2) is 4.98 Å². The van der Waals surface area contributed by atoms with Gasteiger partial charge in [0.25, 0.3) is 0 Å². The van der Waals surface area contributed by atoms with Gasteiger partial charge in [0, 0.05) is 30.1 Å². The van der Waals surface area contributed by atoms with Gasteiger partial charge in [0.05, 0.1) is 5.56 Å². The third kappa shape index (κ3) is 1.24. The van der Waals surface area contributed by atoms with Gasteiger partial charge in [-0.3, -0.25) is 4.57 Å². The molecule has 18 heavy (non-hydrogen) atoms. The lowest BCUT2D eigenvalue weighted by molar-refractivity contribution is -0.690. The van der Waals surface area contributed by atoms with Crippen molar-refractivity contribution >= 4 is 0 Å². The molecule has 0 saturated heterocycles. The summed E-state index contributed by atoms with van der Waals surface area (Å²) in [5.74, 6) is 1.04. The van der Waals surface area contributed by atoms with E-state index >= 15 is 0 Å². The molecule has 0 fully saturated rings. The summed E-state index contributed by atoms with van der Waals surface area (Å²) in [5.41, 5.74) is 3.67. The highest BCUT2D eigenvalue weighted by Crippen LogP contribution is 2.30. The van der Waals surface area contributed by atoms with Crippen molar-refractivity contribution in [2.75, 3.05) is 0 Å². The minimum absolute atomic E-state index is 0.806. The van der Waals surface area contributed by atoms with Crippen LogP contribution in [0.15, 0.2) is 61.1 Å². The molecule has 4 rings (SSSR count). The van der Waals surface area contributed by atoms with Gasteiger partial charge in [0.1, 0.15) is 5.82 Å². The van der Waals surface area contributed by atoms with Crippen molar-refractivity contribution in [2.24, 2.45) is 0 Å². The van der Waals surface area contributed by atoms with Gasteiger partial charge in [-0.05, 0) is 12.1 Å². The largest absolute Gasteiger partial charge is 0.274 e. The molecule has 0 spiro atoms. The van der Waals surface area contributed by atoms with E-state index in [0.29, 0.717) is 0 Å². The maximum Gasteiger partial charge on any atom is 0.229 e. The summed E-state index contributed by atoms with van der Waals surface area (Å²) in [7, 11) is 0. The van der Waals surface area contributed by atoms with Crippen molar-refractivity contribution in [1.29, 1.82) is 0 Å². The molecule has 0 bridgehead atoms. The Bertz CT molecular complexity index is 728. The van der Waals surface area contributed by atoms with Crippen LogP contribution in [0, 0.1) is 0 Å². The van der Waals surface area contributed by atoms with Gasteiger partial charge in [0.15, 0.2) is 6.20 Å². The van der Waals surface area contributed by atoms with Gasteiger partial charge in [-0.2, -0.15) is 4.57 Å². The Balaban J connectivity index is 2.13. The van der Waals surface area contributed by atoms with Crippen LogP contribution in [0.2, 0.25) is 0 Å². The Labute approximate surface area is 105 Å². The van der Waals surface area contributed by atoms with E-state index < -0.39 is 0 Å². The average molecular weight is 234 g/mol. The van der Waals surface area contributed by atoms with E-state index in [1.54, 1.807) is 0 Å². The number of imidazole rings is 1. The van der Waals surface area contributed by atoms with Crippen LogP contribution >= 0.6 is 0 Å². The van der Waals surface area contributed by atoms with Crippen LogP contribution in [-0.4, -0.2) is 9.55 Å². The first-order chi connectivity index (χ1) is 8.93. The van der Waals surface area contributed by atoms with Gasteiger partial charge in [-0.1, -0.05) is 18.2 Å². The molecule has 0 atom stereocenters. The SMILES string of the molecule is c1ccc2c(c1)-c1nccn1C[n+]1ccccc1-2. The average Bonchev–Trinajstić information content (AvgIpc) is 2.83. The van der Waals surface area contributed by atoms with Crippen LogP contribution in [0.4, 0.5) is 0 Å². The van der Waals surface area contributed by atoms with E-state index in [4.69, 9.17) is 0 Å². The summed E-state index contributed by atoms with van der Waals surface area (Å²) < 4.78 is 4.42. The molecule has 0 saturated carbocycles. The predicted octanol–water partition coefficient (Wildman–Crippen LogP) is 2.32. The fourth-order valence-electron chi connectivity index (χ4n) is 2.58. The first-order valence-electron chi connectivity index (χ1n) is 6.03. The fraction of sp³-hybridized carbons (Fsp3) is 0.0667.